The highest BCUT2D eigenvalue weighted by atomic mass is 35.5. The van der Waals surface area contributed by atoms with Crippen LogP contribution >= 0.6 is 11.6 Å². The van der Waals surface area contributed by atoms with Crippen LogP contribution in [0.3, 0.4) is 0 Å². The fourth-order valence-electron chi connectivity index (χ4n) is 5.47. The van der Waals surface area contributed by atoms with E-state index >= 15 is 0 Å². The SMILES string of the molecule is C[C@@H](CN1CC[C@@]2(C)c3ccc(Cl)c(O)c3C[C@@H]1C2(C)C)OCc1ccccc1. The Bertz CT molecular complexity index is 882. The zero-order valence-electron chi connectivity index (χ0n) is 17.9. The highest BCUT2D eigenvalue weighted by Crippen LogP contribution is 2.57. The van der Waals surface area contributed by atoms with Gasteiger partial charge < -0.3 is 9.84 Å². The Morgan fingerprint density at radius 1 is 1.17 bits per heavy atom. The second-order valence-electron chi connectivity index (χ2n) is 9.55. The fraction of sp³-hybridized carbons (Fsp3) is 0.520. The summed E-state index contributed by atoms with van der Waals surface area (Å²) < 4.78 is 6.16. The molecule has 29 heavy (non-hydrogen) atoms. The van der Waals surface area contributed by atoms with Crippen LogP contribution < -0.4 is 0 Å². The molecule has 2 aromatic rings. The summed E-state index contributed by atoms with van der Waals surface area (Å²) in [5.74, 6) is 0.270. The van der Waals surface area contributed by atoms with Crippen molar-refractivity contribution in [2.75, 3.05) is 13.1 Å². The molecule has 0 amide bonds. The number of hydrogen-bond donors (Lipinski definition) is 1. The summed E-state index contributed by atoms with van der Waals surface area (Å²) in [7, 11) is 0. The first kappa shape index (κ1) is 20.7. The van der Waals surface area contributed by atoms with Gasteiger partial charge in [-0.2, -0.15) is 0 Å². The van der Waals surface area contributed by atoms with E-state index in [0.29, 0.717) is 17.7 Å². The van der Waals surface area contributed by atoms with Crippen molar-refractivity contribution < 1.29 is 9.84 Å². The van der Waals surface area contributed by atoms with E-state index in [1.165, 1.54) is 11.1 Å². The van der Waals surface area contributed by atoms with Crippen LogP contribution in [0.25, 0.3) is 0 Å². The molecular formula is C25H32ClNO2. The lowest BCUT2D eigenvalue weighted by molar-refractivity contribution is -0.0651. The van der Waals surface area contributed by atoms with Gasteiger partial charge in [-0.05, 0) is 48.9 Å². The van der Waals surface area contributed by atoms with Gasteiger partial charge in [-0.25, -0.2) is 0 Å². The molecule has 0 unspecified atom stereocenters. The monoisotopic (exact) mass is 413 g/mol. The van der Waals surface area contributed by atoms with Crippen molar-refractivity contribution in [1.29, 1.82) is 0 Å². The van der Waals surface area contributed by atoms with E-state index in [0.717, 1.165) is 31.5 Å². The highest BCUT2D eigenvalue weighted by molar-refractivity contribution is 6.32. The quantitative estimate of drug-likeness (QED) is 0.695. The molecule has 0 spiro atoms. The molecule has 3 atom stereocenters. The maximum absolute atomic E-state index is 10.7. The summed E-state index contributed by atoms with van der Waals surface area (Å²) >= 11 is 6.26. The standard InChI is InChI=1S/C25H32ClNO2/c1-17(29-16-18-8-6-5-7-9-18)15-27-13-12-25(4)20-10-11-21(26)23(28)19(20)14-22(27)24(25,2)3/h5-11,17,22,28H,12-16H2,1-4H3/t17-,22+,25-/m0/s1. The number of likely N-dealkylation sites (tertiary alicyclic amines) is 1. The van der Waals surface area contributed by atoms with E-state index < -0.39 is 0 Å². The molecule has 1 N–H and O–H groups in total. The molecule has 0 saturated carbocycles. The predicted molar refractivity (Wildman–Crippen MR) is 119 cm³/mol. The molecule has 1 fully saturated rings. The second-order valence-corrected chi connectivity index (χ2v) is 9.96. The lowest BCUT2D eigenvalue weighted by Crippen LogP contribution is -2.64. The topological polar surface area (TPSA) is 32.7 Å². The Hall–Kier alpha value is -1.55. The van der Waals surface area contributed by atoms with E-state index in [4.69, 9.17) is 16.3 Å². The van der Waals surface area contributed by atoms with Gasteiger partial charge in [0, 0.05) is 23.6 Å². The molecule has 2 aromatic carbocycles. The third-order valence-corrected chi connectivity index (χ3v) is 7.99. The number of piperidine rings is 1. The van der Waals surface area contributed by atoms with Crippen LogP contribution in [-0.2, 0) is 23.2 Å². The maximum atomic E-state index is 10.7. The number of fused-ring (bicyclic) bond motifs is 4. The minimum absolute atomic E-state index is 0.0257. The van der Waals surface area contributed by atoms with Crippen molar-refractivity contribution in [3.63, 3.8) is 0 Å². The number of aromatic hydroxyl groups is 1. The molecule has 2 aliphatic rings. The van der Waals surface area contributed by atoms with Crippen LogP contribution in [0.4, 0.5) is 0 Å². The molecular weight excluding hydrogens is 382 g/mol. The number of hydrogen-bond acceptors (Lipinski definition) is 3. The summed E-state index contributed by atoms with van der Waals surface area (Å²) in [4.78, 5) is 2.57. The minimum Gasteiger partial charge on any atom is -0.506 e. The lowest BCUT2D eigenvalue weighted by Gasteiger charge is -2.61. The molecule has 156 valence electrons. The average molecular weight is 414 g/mol. The number of benzene rings is 2. The van der Waals surface area contributed by atoms with Gasteiger partial charge in [0.05, 0.1) is 17.7 Å². The first-order chi connectivity index (χ1) is 13.7. The summed E-state index contributed by atoms with van der Waals surface area (Å²) in [6.45, 7) is 11.9. The number of rotatable bonds is 5. The molecule has 4 heteroatoms. The predicted octanol–water partition coefficient (Wildman–Crippen LogP) is 5.57. The lowest BCUT2D eigenvalue weighted by atomic mass is 9.51. The van der Waals surface area contributed by atoms with Gasteiger partial charge in [0.15, 0.2) is 0 Å². The molecule has 0 radical (unpaired) electrons. The summed E-state index contributed by atoms with van der Waals surface area (Å²) in [6, 6.07) is 14.7. The molecule has 0 aromatic heterocycles. The number of nitrogens with zero attached hydrogens (tertiary/aromatic N) is 1. The van der Waals surface area contributed by atoms with Gasteiger partial charge in [-0.3, -0.25) is 4.90 Å². The normalized spacial score (nSPS) is 26.7. The Morgan fingerprint density at radius 3 is 2.62 bits per heavy atom. The van der Waals surface area contributed by atoms with Gasteiger partial charge in [0.1, 0.15) is 5.75 Å². The van der Waals surface area contributed by atoms with Crippen LogP contribution in [0.1, 0.15) is 50.8 Å². The average Bonchev–Trinajstić information content (AvgIpc) is 2.69. The van der Waals surface area contributed by atoms with Crippen molar-refractivity contribution in [2.45, 2.75) is 64.7 Å². The van der Waals surface area contributed by atoms with Crippen molar-refractivity contribution in [2.24, 2.45) is 5.41 Å². The Morgan fingerprint density at radius 2 is 1.90 bits per heavy atom. The van der Waals surface area contributed by atoms with Crippen molar-refractivity contribution in [3.8, 4) is 5.75 Å². The molecule has 1 heterocycles. The molecule has 1 aliphatic carbocycles. The number of halogens is 1. The van der Waals surface area contributed by atoms with Crippen molar-refractivity contribution in [3.05, 3.63) is 64.2 Å². The van der Waals surface area contributed by atoms with E-state index in [9.17, 15) is 5.11 Å². The van der Waals surface area contributed by atoms with Gasteiger partial charge in [-0.15, -0.1) is 0 Å². The first-order valence-corrected chi connectivity index (χ1v) is 11.0. The second kappa shape index (κ2) is 7.61. The Labute approximate surface area is 179 Å². The first-order valence-electron chi connectivity index (χ1n) is 10.6. The molecule has 1 saturated heterocycles. The highest BCUT2D eigenvalue weighted by Gasteiger charge is 2.56. The third-order valence-electron chi connectivity index (χ3n) is 7.69. The van der Waals surface area contributed by atoms with Crippen molar-refractivity contribution >= 4 is 11.6 Å². The van der Waals surface area contributed by atoms with Gasteiger partial charge in [-0.1, -0.05) is 68.8 Å². The third kappa shape index (κ3) is 3.48. The summed E-state index contributed by atoms with van der Waals surface area (Å²) in [5.41, 5.74) is 3.63. The smallest absolute Gasteiger partial charge is 0.137 e. The van der Waals surface area contributed by atoms with E-state index in [1.807, 2.05) is 12.1 Å². The molecule has 3 nitrogen and oxygen atoms in total. The largest absolute Gasteiger partial charge is 0.506 e. The maximum Gasteiger partial charge on any atom is 0.137 e. The van der Waals surface area contributed by atoms with Gasteiger partial charge >= 0.3 is 0 Å². The van der Waals surface area contributed by atoms with Crippen molar-refractivity contribution in [1.82, 2.24) is 4.90 Å². The van der Waals surface area contributed by atoms with E-state index in [1.54, 1.807) is 0 Å². The van der Waals surface area contributed by atoms with E-state index in [2.05, 4.69) is 62.9 Å². The molecule has 2 bridgehead atoms. The van der Waals surface area contributed by atoms with Crippen LogP contribution in [0.5, 0.6) is 5.75 Å². The Balaban J connectivity index is 1.54. The zero-order valence-corrected chi connectivity index (χ0v) is 18.7. The Kier molecular flexibility index (Phi) is 5.43. The number of phenols is 1. The van der Waals surface area contributed by atoms with Gasteiger partial charge in [0.2, 0.25) is 0 Å². The summed E-state index contributed by atoms with van der Waals surface area (Å²) in [6.07, 6.45) is 2.04. The minimum atomic E-state index is 0.0257. The van der Waals surface area contributed by atoms with Crippen LogP contribution in [0.15, 0.2) is 42.5 Å². The van der Waals surface area contributed by atoms with Crippen LogP contribution in [0, 0.1) is 5.41 Å². The number of ether oxygens (including phenoxy) is 1. The molecule has 4 rings (SSSR count). The van der Waals surface area contributed by atoms with Crippen LogP contribution in [0.2, 0.25) is 5.02 Å². The van der Waals surface area contributed by atoms with E-state index in [-0.39, 0.29) is 22.7 Å². The van der Waals surface area contributed by atoms with Crippen LogP contribution in [-0.4, -0.2) is 35.2 Å². The number of phenolic OH excluding ortho intramolecular Hbond substituents is 1. The fourth-order valence-corrected chi connectivity index (χ4v) is 5.65. The molecule has 1 aliphatic heterocycles. The summed E-state index contributed by atoms with van der Waals surface area (Å²) in [5, 5.41) is 11.1. The van der Waals surface area contributed by atoms with Gasteiger partial charge in [0.25, 0.3) is 0 Å². The zero-order chi connectivity index (χ0) is 20.8.